The number of hydrogen-bond acceptors (Lipinski definition) is 6. The van der Waals surface area contributed by atoms with Crippen molar-refractivity contribution in [3.05, 3.63) is 76.3 Å². The van der Waals surface area contributed by atoms with E-state index in [0.717, 1.165) is 16.3 Å². The molecule has 29 heavy (non-hydrogen) atoms. The Morgan fingerprint density at radius 3 is 2.62 bits per heavy atom. The Morgan fingerprint density at radius 2 is 1.83 bits per heavy atom. The molecule has 3 rings (SSSR count). The number of ether oxygens (including phenoxy) is 2. The van der Waals surface area contributed by atoms with Crippen LogP contribution in [0.1, 0.15) is 12.5 Å². The van der Waals surface area contributed by atoms with Crippen LogP contribution >= 0.6 is 0 Å². The Kier molecular flexibility index (Phi) is 6.36. The van der Waals surface area contributed by atoms with Gasteiger partial charge in [-0.15, -0.1) is 0 Å². The number of amides is 1. The van der Waals surface area contributed by atoms with Gasteiger partial charge in [0.1, 0.15) is 5.75 Å². The fourth-order valence-corrected chi connectivity index (χ4v) is 2.76. The second-order valence-electron chi connectivity index (χ2n) is 5.94. The third kappa shape index (κ3) is 4.86. The van der Waals surface area contributed by atoms with Gasteiger partial charge in [0.15, 0.2) is 12.4 Å². The summed E-state index contributed by atoms with van der Waals surface area (Å²) in [6.07, 6.45) is 1.51. The summed E-state index contributed by atoms with van der Waals surface area (Å²) < 4.78 is 10.9. The number of benzene rings is 3. The van der Waals surface area contributed by atoms with E-state index in [1.54, 1.807) is 6.07 Å². The number of nitro groups is 1. The highest BCUT2D eigenvalue weighted by molar-refractivity contribution is 6.02. The van der Waals surface area contributed by atoms with Crippen molar-refractivity contribution >= 4 is 28.6 Å². The number of nitrogens with one attached hydrogen (secondary N) is 1. The maximum Gasteiger partial charge on any atom is 0.310 e. The number of hydrogen-bond donors (Lipinski definition) is 1. The molecule has 8 nitrogen and oxygen atoms in total. The van der Waals surface area contributed by atoms with Gasteiger partial charge in [-0.3, -0.25) is 14.9 Å². The maximum atomic E-state index is 12.0. The maximum absolute atomic E-state index is 12.0. The summed E-state index contributed by atoms with van der Waals surface area (Å²) in [5.74, 6) is 0.127. The minimum absolute atomic E-state index is 0.0179. The molecule has 0 atom stereocenters. The van der Waals surface area contributed by atoms with Gasteiger partial charge in [0.05, 0.1) is 17.7 Å². The lowest BCUT2D eigenvalue weighted by atomic mass is 10.0. The summed E-state index contributed by atoms with van der Waals surface area (Å²) in [5, 5.41) is 16.9. The number of fused-ring (bicyclic) bond motifs is 1. The van der Waals surface area contributed by atoms with Crippen molar-refractivity contribution < 1.29 is 19.2 Å². The van der Waals surface area contributed by atoms with Crippen LogP contribution in [0.3, 0.4) is 0 Å². The Labute approximate surface area is 166 Å². The lowest BCUT2D eigenvalue weighted by Crippen LogP contribution is -2.24. The van der Waals surface area contributed by atoms with Gasteiger partial charge < -0.3 is 9.47 Å². The summed E-state index contributed by atoms with van der Waals surface area (Å²) in [7, 11) is 0. The third-order valence-corrected chi connectivity index (χ3v) is 4.03. The molecule has 0 heterocycles. The average Bonchev–Trinajstić information content (AvgIpc) is 2.73. The zero-order valence-corrected chi connectivity index (χ0v) is 15.7. The van der Waals surface area contributed by atoms with Gasteiger partial charge in [0.25, 0.3) is 5.91 Å². The molecule has 1 amide bonds. The van der Waals surface area contributed by atoms with E-state index in [1.165, 1.54) is 24.4 Å². The largest absolute Gasteiger partial charge is 0.493 e. The zero-order valence-electron chi connectivity index (χ0n) is 15.7. The van der Waals surface area contributed by atoms with Crippen LogP contribution in [0.4, 0.5) is 5.69 Å². The molecule has 3 aromatic carbocycles. The quantitative estimate of drug-likeness (QED) is 0.357. The molecule has 0 aliphatic carbocycles. The minimum Gasteiger partial charge on any atom is -0.493 e. The first-order valence-corrected chi connectivity index (χ1v) is 8.93. The topological polar surface area (TPSA) is 103 Å². The molecule has 0 aliphatic rings. The van der Waals surface area contributed by atoms with E-state index in [1.807, 2.05) is 43.3 Å². The van der Waals surface area contributed by atoms with Gasteiger partial charge in [0, 0.05) is 11.6 Å². The summed E-state index contributed by atoms with van der Waals surface area (Å²) in [4.78, 5) is 22.4. The van der Waals surface area contributed by atoms with E-state index < -0.39 is 17.4 Å². The van der Waals surface area contributed by atoms with E-state index in [2.05, 4.69) is 10.5 Å². The van der Waals surface area contributed by atoms with E-state index in [9.17, 15) is 14.9 Å². The SMILES string of the molecule is CCOc1ccc2ccccc2c1/C=N\NC(=O)COc1ccccc1[N+](=O)[O-]. The lowest BCUT2D eigenvalue weighted by Gasteiger charge is -2.10. The molecular formula is C21H19N3O5. The van der Waals surface area contributed by atoms with Crippen molar-refractivity contribution in [2.24, 2.45) is 5.10 Å². The van der Waals surface area contributed by atoms with Gasteiger partial charge >= 0.3 is 5.69 Å². The minimum atomic E-state index is -0.568. The van der Waals surface area contributed by atoms with Crippen molar-refractivity contribution in [1.82, 2.24) is 5.43 Å². The summed E-state index contributed by atoms with van der Waals surface area (Å²) in [6.45, 7) is 1.98. The number of rotatable bonds is 8. The van der Waals surface area contributed by atoms with E-state index in [-0.39, 0.29) is 11.4 Å². The van der Waals surface area contributed by atoms with E-state index in [4.69, 9.17) is 9.47 Å². The molecule has 0 unspecified atom stereocenters. The first-order valence-electron chi connectivity index (χ1n) is 8.93. The standard InChI is InChI=1S/C21H19N3O5/c1-2-28-19-12-11-15-7-3-4-8-16(15)17(19)13-22-23-21(25)14-29-20-10-6-5-9-18(20)24(26)27/h3-13H,2,14H2,1H3,(H,23,25)/b22-13-. The third-order valence-electron chi connectivity index (χ3n) is 4.03. The number of hydrazone groups is 1. The highest BCUT2D eigenvalue weighted by Crippen LogP contribution is 2.27. The predicted octanol–water partition coefficient (Wildman–Crippen LogP) is 3.68. The second kappa shape index (κ2) is 9.32. The molecule has 0 radical (unpaired) electrons. The predicted molar refractivity (Wildman–Crippen MR) is 109 cm³/mol. The molecule has 3 aromatic rings. The number of para-hydroxylation sites is 2. The van der Waals surface area contributed by atoms with Crippen molar-refractivity contribution in [3.8, 4) is 11.5 Å². The highest BCUT2D eigenvalue weighted by Gasteiger charge is 2.14. The van der Waals surface area contributed by atoms with Crippen molar-refractivity contribution in [3.63, 3.8) is 0 Å². The van der Waals surface area contributed by atoms with Crippen LogP contribution in [-0.4, -0.2) is 30.3 Å². The molecule has 1 N–H and O–H groups in total. The molecule has 0 fully saturated rings. The lowest BCUT2D eigenvalue weighted by molar-refractivity contribution is -0.385. The van der Waals surface area contributed by atoms with Gasteiger partial charge in [-0.05, 0) is 29.8 Å². The normalized spacial score (nSPS) is 10.8. The van der Waals surface area contributed by atoms with Crippen LogP contribution < -0.4 is 14.9 Å². The first-order chi connectivity index (χ1) is 14.1. The Balaban J connectivity index is 1.69. The van der Waals surface area contributed by atoms with Crippen LogP contribution in [-0.2, 0) is 4.79 Å². The molecule has 148 valence electrons. The van der Waals surface area contributed by atoms with Crippen molar-refractivity contribution in [2.75, 3.05) is 13.2 Å². The van der Waals surface area contributed by atoms with E-state index >= 15 is 0 Å². The molecule has 0 aromatic heterocycles. The molecule has 8 heteroatoms. The monoisotopic (exact) mass is 393 g/mol. The first kappa shape index (κ1) is 19.8. The molecule has 0 saturated carbocycles. The summed E-state index contributed by atoms with van der Waals surface area (Å²) in [5.41, 5.74) is 2.90. The van der Waals surface area contributed by atoms with Crippen LogP contribution in [0.15, 0.2) is 65.8 Å². The summed E-state index contributed by atoms with van der Waals surface area (Å²) in [6, 6.07) is 17.4. The number of nitrogens with zero attached hydrogens (tertiary/aromatic N) is 2. The Bertz CT molecular complexity index is 1070. The number of nitro benzene ring substituents is 1. The highest BCUT2D eigenvalue weighted by atomic mass is 16.6. The van der Waals surface area contributed by atoms with E-state index in [0.29, 0.717) is 12.4 Å². The van der Waals surface area contributed by atoms with Gasteiger partial charge in [-0.2, -0.15) is 5.10 Å². The Hall–Kier alpha value is -3.94. The van der Waals surface area contributed by atoms with Crippen LogP contribution in [0, 0.1) is 10.1 Å². The van der Waals surface area contributed by atoms with Crippen LogP contribution in [0.25, 0.3) is 10.8 Å². The molecule has 0 aliphatic heterocycles. The number of carbonyl (C=O) groups excluding carboxylic acids is 1. The number of carbonyl (C=O) groups is 1. The molecule has 0 bridgehead atoms. The second-order valence-corrected chi connectivity index (χ2v) is 5.94. The smallest absolute Gasteiger partial charge is 0.310 e. The fraction of sp³-hybridized carbons (Fsp3) is 0.143. The van der Waals surface area contributed by atoms with Gasteiger partial charge in [-0.1, -0.05) is 42.5 Å². The molecular weight excluding hydrogens is 374 g/mol. The van der Waals surface area contributed by atoms with Crippen LogP contribution in [0.2, 0.25) is 0 Å². The zero-order chi connectivity index (χ0) is 20.6. The summed E-state index contributed by atoms with van der Waals surface area (Å²) >= 11 is 0. The molecule has 0 saturated heterocycles. The van der Waals surface area contributed by atoms with Gasteiger partial charge in [0.2, 0.25) is 0 Å². The van der Waals surface area contributed by atoms with Crippen molar-refractivity contribution in [2.45, 2.75) is 6.92 Å². The van der Waals surface area contributed by atoms with Crippen molar-refractivity contribution in [1.29, 1.82) is 0 Å². The average molecular weight is 393 g/mol. The van der Waals surface area contributed by atoms with Gasteiger partial charge in [-0.25, -0.2) is 5.43 Å². The fourth-order valence-electron chi connectivity index (χ4n) is 2.76. The molecule has 0 spiro atoms. The Morgan fingerprint density at radius 1 is 1.07 bits per heavy atom. The van der Waals surface area contributed by atoms with Crippen LogP contribution in [0.5, 0.6) is 11.5 Å².